The molecule has 0 radical (unpaired) electrons. The molecule has 2 aromatic carbocycles. The van der Waals surface area contributed by atoms with Crippen LogP contribution in [0.15, 0.2) is 42.5 Å². The Hall–Kier alpha value is -2.89. The van der Waals surface area contributed by atoms with Crippen LogP contribution < -0.4 is 9.64 Å². The van der Waals surface area contributed by atoms with Crippen LogP contribution in [-0.2, 0) is 5.41 Å². The number of likely N-dealkylation sites (N-methyl/N-ethyl adjacent to an activating group) is 1. The topological polar surface area (TPSA) is 55.6 Å². The Morgan fingerprint density at radius 1 is 1.20 bits per heavy atom. The predicted molar refractivity (Wildman–Crippen MR) is 93.3 cm³/mol. The number of halogens is 1. The molecule has 0 saturated carbocycles. The lowest BCUT2D eigenvalue weighted by Crippen LogP contribution is -2.58. The molecule has 1 spiro atoms. The molecule has 2 aliphatic heterocycles. The van der Waals surface area contributed by atoms with Crippen molar-refractivity contribution in [1.82, 2.24) is 0 Å². The van der Waals surface area contributed by atoms with Gasteiger partial charge in [0.2, 0.25) is 5.72 Å². The van der Waals surface area contributed by atoms with Gasteiger partial charge in [-0.25, -0.2) is 4.39 Å². The maximum Gasteiger partial charge on any atom is 0.270 e. The van der Waals surface area contributed by atoms with Crippen molar-refractivity contribution in [3.05, 3.63) is 69.5 Å². The third-order valence-electron chi connectivity index (χ3n) is 5.35. The number of nitro groups is 1. The third-order valence-corrected chi connectivity index (χ3v) is 5.35. The maximum atomic E-state index is 13.8. The molecule has 2 aromatic rings. The van der Waals surface area contributed by atoms with E-state index >= 15 is 0 Å². The van der Waals surface area contributed by atoms with Gasteiger partial charge in [0.1, 0.15) is 11.6 Å². The average molecular weight is 340 g/mol. The molecule has 2 heterocycles. The summed E-state index contributed by atoms with van der Waals surface area (Å²) in [7, 11) is 1.91. The fourth-order valence-electron chi connectivity index (χ4n) is 3.89. The zero-order chi connectivity index (χ0) is 18.0. The van der Waals surface area contributed by atoms with E-state index in [0.717, 1.165) is 11.3 Å². The van der Waals surface area contributed by atoms with Crippen molar-refractivity contribution in [2.24, 2.45) is 0 Å². The van der Waals surface area contributed by atoms with Crippen molar-refractivity contribution in [3.8, 4) is 5.75 Å². The number of nitro benzene ring substituents is 1. The van der Waals surface area contributed by atoms with Gasteiger partial charge in [0.15, 0.2) is 0 Å². The normalized spacial score (nSPS) is 22.5. The minimum Gasteiger partial charge on any atom is -0.463 e. The van der Waals surface area contributed by atoms with Crippen LogP contribution in [-0.4, -0.2) is 17.7 Å². The Morgan fingerprint density at radius 3 is 2.68 bits per heavy atom. The van der Waals surface area contributed by atoms with Crippen molar-refractivity contribution >= 4 is 17.5 Å². The predicted octanol–water partition coefficient (Wildman–Crippen LogP) is 4.26. The van der Waals surface area contributed by atoms with Crippen LogP contribution in [0.3, 0.4) is 0 Å². The minimum atomic E-state index is -0.827. The van der Waals surface area contributed by atoms with Gasteiger partial charge >= 0.3 is 0 Å². The standard InChI is InChI=1S/C19H17FN2O3/c1-18(2)15-11-13(20)4-6-16(15)21(3)19(18)9-8-12-10-14(22(23)24)5-7-17(12)25-19/h4-11H,1-3H3. The van der Waals surface area contributed by atoms with Crippen molar-refractivity contribution in [2.45, 2.75) is 25.0 Å². The third kappa shape index (κ3) is 1.94. The highest BCUT2D eigenvalue weighted by Crippen LogP contribution is 2.54. The summed E-state index contributed by atoms with van der Waals surface area (Å²) < 4.78 is 20.2. The molecular formula is C19H17FN2O3. The molecular weight excluding hydrogens is 323 g/mol. The Labute approximate surface area is 144 Å². The molecule has 0 aliphatic carbocycles. The number of rotatable bonds is 1. The van der Waals surface area contributed by atoms with Gasteiger partial charge in [-0.05, 0) is 55.8 Å². The first-order valence-electron chi connectivity index (χ1n) is 7.97. The number of benzene rings is 2. The molecule has 0 fully saturated rings. The van der Waals surface area contributed by atoms with Crippen LogP contribution in [0.4, 0.5) is 15.8 Å². The number of non-ortho nitro benzene ring substituents is 1. The van der Waals surface area contributed by atoms with Gasteiger partial charge in [0.05, 0.1) is 10.3 Å². The number of nitrogens with zero attached hydrogens (tertiary/aromatic N) is 2. The van der Waals surface area contributed by atoms with Crippen LogP contribution in [0.5, 0.6) is 5.75 Å². The molecule has 128 valence electrons. The number of anilines is 1. The maximum absolute atomic E-state index is 13.8. The fourth-order valence-corrected chi connectivity index (χ4v) is 3.89. The van der Waals surface area contributed by atoms with Crippen LogP contribution in [0, 0.1) is 15.9 Å². The minimum absolute atomic E-state index is 0.0207. The first-order valence-corrected chi connectivity index (χ1v) is 7.97. The molecule has 5 nitrogen and oxygen atoms in total. The number of hydrogen-bond donors (Lipinski definition) is 0. The highest BCUT2D eigenvalue weighted by Gasteiger charge is 2.57. The number of fused-ring (bicyclic) bond motifs is 2. The molecule has 0 N–H and O–H groups in total. The van der Waals surface area contributed by atoms with Crippen LogP contribution in [0.2, 0.25) is 0 Å². The monoisotopic (exact) mass is 340 g/mol. The Balaban J connectivity index is 1.85. The molecule has 2 aliphatic rings. The van der Waals surface area contributed by atoms with E-state index in [1.807, 2.05) is 37.9 Å². The molecule has 0 amide bonds. The van der Waals surface area contributed by atoms with Gasteiger partial charge in [0.25, 0.3) is 5.69 Å². The second-order valence-electron chi connectivity index (χ2n) is 6.96. The average Bonchev–Trinajstić information content (AvgIpc) is 2.73. The molecule has 6 heteroatoms. The summed E-state index contributed by atoms with van der Waals surface area (Å²) in [4.78, 5) is 12.5. The van der Waals surface area contributed by atoms with E-state index in [0.29, 0.717) is 11.3 Å². The van der Waals surface area contributed by atoms with Crippen molar-refractivity contribution in [1.29, 1.82) is 0 Å². The van der Waals surface area contributed by atoms with Crippen molar-refractivity contribution in [3.63, 3.8) is 0 Å². The highest BCUT2D eigenvalue weighted by atomic mass is 19.1. The van der Waals surface area contributed by atoms with Crippen molar-refractivity contribution < 1.29 is 14.1 Å². The number of ether oxygens (including phenoxy) is 1. The first-order chi connectivity index (χ1) is 11.8. The lowest BCUT2D eigenvalue weighted by atomic mass is 9.76. The van der Waals surface area contributed by atoms with E-state index in [1.54, 1.807) is 18.2 Å². The second-order valence-corrected chi connectivity index (χ2v) is 6.96. The van der Waals surface area contributed by atoms with E-state index < -0.39 is 16.1 Å². The van der Waals surface area contributed by atoms with E-state index in [1.165, 1.54) is 18.2 Å². The zero-order valence-electron chi connectivity index (χ0n) is 14.1. The summed E-state index contributed by atoms with van der Waals surface area (Å²) in [5.74, 6) is 0.286. The van der Waals surface area contributed by atoms with Gasteiger partial charge in [0, 0.05) is 30.4 Å². The summed E-state index contributed by atoms with van der Waals surface area (Å²) in [6.45, 7) is 4.02. The summed E-state index contributed by atoms with van der Waals surface area (Å²) in [6.07, 6.45) is 3.74. The smallest absolute Gasteiger partial charge is 0.270 e. The lowest BCUT2D eigenvalue weighted by molar-refractivity contribution is -0.384. The molecule has 4 rings (SSSR count). The Kier molecular flexibility index (Phi) is 3.01. The molecule has 1 atom stereocenters. The van der Waals surface area contributed by atoms with Crippen LogP contribution >= 0.6 is 0 Å². The number of hydrogen-bond acceptors (Lipinski definition) is 4. The van der Waals surface area contributed by atoms with Gasteiger partial charge in [-0.15, -0.1) is 0 Å². The van der Waals surface area contributed by atoms with E-state index in [-0.39, 0.29) is 11.5 Å². The Morgan fingerprint density at radius 2 is 1.96 bits per heavy atom. The van der Waals surface area contributed by atoms with Crippen LogP contribution in [0.1, 0.15) is 25.0 Å². The zero-order valence-corrected chi connectivity index (χ0v) is 14.1. The summed E-state index contributed by atoms with van der Waals surface area (Å²) in [5.41, 5.74) is 1.10. The van der Waals surface area contributed by atoms with E-state index in [2.05, 4.69) is 0 Å². The highest BCUT2D eigenvalue weighted by molar-refractivity contribution is 5.72. The quantitative estimate of drug-likeness (QED) is 0.575. The molecule has 1 unspecified atom stereocenters. The summed E-state index contributed by atoms with van der Waals surface area (Å²) in [5, 5.41) is 11.0. The van der Waals surface area contributed by atoms with Crippen molar-refractivity contribution in [2.75, 3.05) is 11.9 Å². The molecule has 0 saturated heterocycles. The van der Waals surface area contributed by atoms with Crippen LogP contribution in [0.25, 0.3) is 6.08 Å². The van der Waals surface area contributed by atoms with Gasteiger partial charge < -0.3 is 9.64 Å². The first kappa shape index (κ1) is 15.6. The summed E-state index contributed by atoms with van der Waals surface area (Å²) in [6, 6.07) is 9.28. The van der Waals surface area contributed by atoms with Gasteiger partial charge in [-0.3, -0.25) is 10.1 Å². The summed E-state index contributed by atoms with van der Waals surface area (Å²) >= 11 is 0. The molecule has 0 aromatic heterocycles. The lowest BCUT2D eigenvalue weighted by Gasteiger charge is -2.45. The van der Waals surface area contributed by atoms with Gasteiger partial charge in [-0.1, -0.05) is 0 Å². The Bertz CT molecular complexity index is 938. The molecule has 0 bridgehead atoms. The second kappa shape index (κ2) is 4.81. The van der Waals surface area contributed by atoms with E-state index in [4.69, 9.17) is 4.74 Å². The van der Waals surface area contributed by atoms with E-state index in [9.17, 15) is 14.5 Å². The largest absolute Gasteiger partial charge is 0.463 e. The fraction of sp³-hybridized carbons (Fsp3) is 0.263. The molecule has 25 heavy (non-hydrogen) atoms. The SMILES string of the molecule is CN1c2ccc(F)cc2C(C)(C)C12C=Cc1cc([N+](=O)[O-])ccc1O2. The van der Waals surface area contributed by atoms with Gasteiger partial charge in [-0.2, -0.15) is 0 Å².